The van der Waals surface area contributed by atoms with Crippen LogP contribution < -0.4 is 4.74 Å². The van der Waals surface area contributed by atoms with Crippen molar-refractivity contribution < 1.29 is 22.3 Å². The van der Waals surface area contributed by atoms with Gasteiger partial charge in [0.2, 0.25) is 5.88 Å². The molecule has 2 aliphatic carbocycles. The summed E-state index contributed by atoms with van der Waals surface area (Å²) in [6.07, 6.45) is 7.67. The van der Waals surface area contributed by atoms with Crippen molar-refractivity contribution in [2.24, 2.45) is 0 Å². The first-order valence-corrected chi connectivity index (χ1v) is 12.0. The molecular formula is C21H21ClFNO4S. The van der Waals surface area contributed by atoms with E-state index in [0.29, 0.717) is 22.0 Å². The number of sulfone groups is 1. The zero-order valence-corrected chi connectivity index (χ0v) is 17.5. The molecule has 1 heterocycles. The summed E-state index contributed by atoms with van der Waals surface area (Å²) in [5, 5.41) is 0.355. The van der Waals surface area contributed by atoms with E-state index in [1.165, 1.54) is 12.1 Å². The summed E-state index contributed by atoms with van der Waals surface area (Å²) in [4.78, 5) is 16.6. The molecule has 29 heavy (non-hydrogen) atoms. The molecule has 0 aliphatic heterocycles. The van der Waals surface area contributed by atoms with E-state index in [0.717, 1.165) is 43.9 Å². The minimum atomic E-state index is -3.54. The highest BCUT2D eigenvalue weighted by Crippen LogP contribution is 2.46. The van der Waals surface area contributed by atoms with Crippen LogP contribution in [0.2, 0.25) is 5.02 Å². The van der Waals surface area contributed by atoms with Gasteiger partial charge in [0.15, 0.2) is 15.6 Å². The molecule has 0 radical (unpaired) electrons. The van der Waals surface area contributed by atoms with Gasteiger partial charge in [-0.3, -0.25) is 4.79 Å². The lowest BCUT2D eigenvalue weighted by atomic mass is 9.94. The third-order valence-electron chi connectivity index (χ3n) is 5.30. The average Bonchev–Trinajstić information content (AvgIpc) is 3.42. The molecule has 2 fully saturated rings. The van der Waals surface area contributed by atoms with Crippen molar-refractivity contribution in [3.05, 3.63) is 46.4 Å². The second-order valence-corrected chi connectivity index (χ2v) is 10.4. The second kappa shape index (κ2) is 7.69. The Balaban J connectivity index is 1.69. The van der Waals surface area contributed by atoms with Gasteiger partial charge in [0, 0.05) is 18.0 Å². The first-order chi connectivity index (χ1) is 13.7. The predicted octanol–water partition coefficient (Wildman–Crippen LogP) is 4.58. The highest BCUT2D eigenvalue weighted by atomic mass is 35.5. The number of nitrogens with zero attached hydrogens (tertiary/aromatic N) is 1. The third-order valence-corrected chi connectivity index (χ3v) is 6.36. The molecule has 154 valence electrons. The molecule has 0 N–H and O–H groups in total. The van der Waals surface area contributed by atoms with E-state index >= 15 is 0 Å². The summed E-state index contributed by atoms with van der Waals surface area (Å²) in [6, 6.07) is 4.46. The Kier molecular flexibility index (Phi) is 5.38. The van der Waals surface area contributed by atoms with Gasteiger partial charge in [-0.2, -0.15) is 0 Å². The number of ketones is 1. The summed E-state index contributed by atoms with van der Waals surface area (Å²) >= 11 is 6.34. The number of aromatic nitrogens is 1. The van der Waals surface area contributed by atoms with E-state index < -0.39 is 27.2 Å². The first-order valence-electron chi connectivity index (χ1n) is 9.58. The van der Waals surface area contributed by atoms with Crippen molar-refractivity contribution in [2.75, 3.05) is 12.0 Å². The van der Waals surface area contributed by atoms with E-state index in [1.54, 1.807) is 12.3 Å². The number of ether oxygens (including phenoxy) is 1. The second-order valence-electron chi connectivity index (χ2n) is 7.87. The molecule has 0 saturated heterocycles. The van der Waals surface area contributed by atoms with E-state index in [4.69, 9.17) is 16.3 Å². The molecule has 2 saturated carbocycles. The van der Waals surface area contributed by atoms with Gasteiger partial charge in [0.1, 0.15) is 22.7 Å². The van der Waals surface area contributed by atoms with Crippen LogP contribution in [0, 0.1) is 5.82 Å². The SMILES string of the molecule is CS(=O)(=O)CC(=O)c1cc(C2CC2)c(-c2cnc(OC3CCC3)c(Cl)c2)cc1F. The fourth-order valence-electron chi connectivity index (χ4n) is 3.41. The number of halogens is 2. The Bertz CT molecular complexity index is 1080. The number of carbonyl (C=O) groups excluding carboxylic acids is 1. The molecule has 0 unspecified atom stereocenters. The van der Waals surface area contributed by atoms with Gasteiger partial charge in [-0.1, -0.05) is 11.6 Å². The predicted molar refractivity (Wildman–Crippen MR) is 109 cm³/mol. The van der Waals surface area contributed by atoms with Gasteiger partial charge in [0.25, 0.3) is 0 Å². The molecule has 8 heteroatoms. The van der Waals surface area contributed by atoms with Crippen molar-refractivity contribution >= 4 is 27.2 Å². The van der Waals surface area contributed by atoms with Crippen LogP contribution in [-0.2, 0) is 9.84 Å². The summed E-state index contributed by atoms with van der Waals surface area (Å²) in [7, 11) is -3.54. The van der Waals surface area contributed by atoms with Crippen LogP contribution in [-0.4, -0.2) is 37.3 Å². The lowest BCUT2D eigenvalue weighted by Crippen LogP contribution is -2.25. The molecule has 1 aromatic heterocycles. The number of hydrogen-bond donors (Lipinski definition) is 0. The Morgan fingerprint density at radius 3 is 2.52 bits per heavy atom. The Morgan fingerprint density at radius 1 is 1.24 bits per heavy atom. The lowest BCUT2D eigenvalue weighted by molar-refractivity contribution is 0.101. The number of hydrogen-bond acceptors (Lipinski definition) is 5. The molecule has 1 aromatic carbocycles. The highest BCUT2D eigenvalue weighted by Gasteiger charge is 2.30. The molecule has 0 bridgehead atoms. The van der Waals surface area contributed by atoms with E-state index in [2.05, 4.69) is 4.98 Å². The first kappa shape index (κ1) is 20.3. The standard InChI is InChI=1S/C21H21ClFNO4S/c1-29(26,27)11-20(25)17-8-15(12-5-6-12)16(9-19(17)23)13-7-18(22)21(24-10-13)28-14-3-2-4-14/h7-10,12,14H,2-6,11H2,1H3. The molecule has 2 aliphatic rings. The number of benzene rings is 1. The largest absolute Gasteiger partial charge is 0.473 e. The summed E-state index contributed by atoms with van der Waals surface area (Å²) in [5.41, 5.74) is 1.88. The quantitative estimate of drug-likeness (QED) is 0.593. The molecule has 0 spiro atoms. The topological polar surface area (TPSA) is 73.3 Å². The maximum atomic E-state index is 14.7. The average molecular weight is 438 g/mol. The molecule has 0 atom stereocenters. The van der Waals surface area contributed by atoms with Crippen molar-refractivity contribution in [3.8, 4) is 17.0 Å². The summed E-state index contributed by atoms with van der Waals surface area (Å²) < 4.78 is 43.4. The zero-order chi connectivity index (χ0) is 20.8. The fraction of sp³-hybridized carbons (Fsp3) is 0.429. The Hall–Kier alpha value is -1.99. The zero-order valence-electron chi connectivity index (χ0n) is 16.0. The summed E-state index contributed by atoms with van der Waals surface area (Å²) in [5.74, 6) is -1.62. The van der Waals surface area contributed by atoms with Crippen molar-refractivity contribution in [1.29, 1.82) is 0 Å². The van der Waals surface area contributed by atoms with Gasteiger partial charge in [-0.25, -0.2) is 17.8 Å². The third kappa shape index (κ3) is 4.61. The van der Waals surface area contributed by atoms with Crippen LogP contribution in [0.5, 0.6) is 5.88 Å². The molecular weight excluding hydrogens is 417 g/mol. The van der Waals surface area contributed by atoms with Crippen LogP contribution in [0.15, 0.2) is 24.4 Å². The van der Waals surface area contributed by atoms with Gasteiger partial charge in [-0.15, -0.1) is 0 Å². The van der Waals surface area contributed by atoms with Gasteiger partial charge in [0.05, 0.1) is 5.56 Å². The van der Waals surface area contributed by atoms with E-state index in [9.17, 15) is 17.6 Å². The summed E-state index contributed by atoms with van der Waals surface area (Å²) in [6.45, 7) is 0. The number of pyridine rings is 1. The molecule has 0 amide bonds. The smallest absolute Gasteiger partial charge is 0.232 e. The monoisotopic (exact) mass is 437 g/mol. The Labute approximate surface area is 174 Å². The lowest BCUT2D eigenvalue weighted by Gasteiger charge is -2.26. The van der Waals surface area contributed by atoms with Crippen LogP contribution in [0.25, 0.3) is 11.1 Å². The minimum Gasteiger partial charge on any atom is -0.473 e. The fourth-order valence-corrected chi connectivity index (χ4v) is 4.25. The highest BCUT2D eigenvalue weighted by molar-refractivity contribution is 7.91. The van der Waals surface area contributed by atoms with Crippen molar-refractivity contribution in [1.82, 2.24) is 4.98 Å². The number of rotatable bonds is 7. The van der Waals surface area contributed by atoms with E-state index in [-0.39, 0.29) is 17.6 Å². The maximum absolute atomic E-state index is 14.7. The molecule has 4 rings (SSSR count). The Morgan fingerprint density at radius 2 is 1.97 bits per heavy atom. The number of Topliss-reactive ketones (excluding diaryl/α,β-unsaturated/α-hetero) is 1. The van der Waals surface area contributed by atoms with Gasteiger partial charge < -0.3 is 4.74 Å². The number of carbonyl (C=O) groups is 1. The molecule has 5 nitrogen and oxygen atoms in total. The van der Waals surface area contributed by atoms with Crippen molar-refractivity contribution in [3.63, 3.8) is 0 Å². The normalized spacial score (nSPS) is 17.1. The van der Waals surface area contributed by atoms with Gasteiger partial charge in [-0.05, 0) is 67.3 Å². The van der Waals surface area contributed by atoms with Crippen molar-refractivity contribution in [2.45, 2.75) is 44.1 Å². The van der Waals surface area contributed by atoms with Crippen LogP contribution >= 0.6 is 11.6 Å². The minimum absolute atomic E-state index is 0.144. The van der Waals surface area contributed by atoms with Crippen LogP contribution in [0.4, 0.5) is 4.39 Å². The van der Waals surface area contributed by atoms with Gasteiger partial charge >= 0.3 is 0 Å². The van der Waals surface area contributed by atoms with Crippen LogP contribution in [0.3, 0.4) is 0 Å². The van der Waals surface area contributed by atoms with E-state index in [1.807, 2.05) is 0 Å². The van der Waals surface area contributed by atoms with Crippen LogP contribution in [0.1, 0.15) is 53.9 Å². The molecule has 2 aromatic rings. The maximum Gasteiger partial charge on any atom is 0.232 e.